The van der Waals surface area contributed by atoms with Crippen LogP contribution >= 0.6 is 0 Å². The van der Waals surface area contributed by atoms with Crippen LogP contribution < -0.4 is 5.73 Å². The number of nitrogens with two attached hydrogens (primary N) is 1. The number of Topliss-reactive ketones (excluding diaryl/α,β-unsaturated/α-hetero) is 1. The number of aryl methyl sites for hydroxylation is 1. The minimum Gasteiger partial charge on any atom is -0.327 e. The third-order valence-corrected chi connectivity index (χ3v) is 2.44. The Hall–Kier alpha value is -1.16. The van der Waals surface area contributed by atoms with Gasteiger partial charge >= 0.3 is 0 Å². The van der Waals surface area contributed by atoms with Crippen LogP contribution in [0.3, 0.4) is 0 Å². The smallest absolute Gasteiger partial charge is 0.170 e. The molecule has 0 aliphatic rings. The summed E-state index contributed by atoms with van der Waals surface area (Å²) in [5.74, 6) is -0.0794. The molecule has 1 heterocycles. The number of hydrogen-bond acceptors (Lipinski definition) is 3. The summed E-state index contributed by atoms with van der Waals surface area (Å²) in [6.07, 6.45) is 3.37. The van der Waals surface area contributed by atoms with Gasteiger partial charge in [0.1, 0.15) is 0 Å². The number of aromatic nitrogens is 2. The van der Waals surface area contributed by atoms with E-state index in [1.54, 1.807) is 17.1 Å². The first-order valence-electron chi connectivity index (χ1n) is 4.88. The molecule has 0 spiro atoms. The van der Waals surface area contributed by atoms with Crippen molar-refractivity contribution >= 4 is 5.78 Å². The highest BCUT2D eigenvalue weighted by molar-refractivity contribution is 5.97. The fourth-order valence-corrected chi connectivity index (χ4v) is 1.17. The molecule has 78 valence electrons. The van der Waals surface area contributed by atoms with Crippen LogP contribution in [0.5, 0.6) is 0 Å². The monoisotopic (exact) mass is 195 g/mol. The normalized spacial score (nSPS) is 15.1. The zero-order chi connectivity index (χ0) is 10.7. The SMILES string of the molecule is CCn1cc(C(=O)C(C)C(C)N)cn1. The minimum absolute atomic E-state index is 0.0692. The van der Waals surface area contributed by atoms with Gasteiger partial charge in [0.2, 0.25) is 0 Å². The van der Waals surface area contributed by atoms with Gasteiger partial charge in [-0.05, 0) is 13.8 Å². The van der Waals surface area contributed by atoms with Crippen LogP contribution in [0, 0.1) is 5.92 Å². The molecule has 0 aliphatic carbocycles. The van der Waals surface area contributed by atoms with Gasteiger partial charge in [-0.3, -0.25) is 9.48 Å². The second-order valence-corrected chi connectivity index (χ2v) is 3.60. The second kappa shape index (κ2) is 4.37. The van der Waals surface area contributed by atoms with E-state index in [0.717, 1.165) is 6.54 Å². The van der Waals surface area contributed by atoms with Crippen molar-refractivity contribution in [1.82, 2.24) is 9.78 Å². The highest BCUT2D eigenvalue weighted by Crippen LogP contribution is 2.10. The molecule has 4 heteroatoms. The Morgan fingerprint density at radius 3 is 2.71 bits per heavy atom. The molecule has 1 aromatic heterocycles. The Kier molecular flexibility index (Phi) is 3.41. The zero-order valence-corrected chi connectivity index (χ0v) is 8.90. The summed E-state index contributed by atoms with van der Waals surface area (Å²) in [5.41, 5.74) is 6.32. The molecule has 1 aromatic rings. The van der Waals surface area contributed by atoms with Gasteiger partial charge in [-0.15, -0.1) is 0 Å². The van der Waals surface area contributed by atoms with Crippen LogP contribution in [-0.2, 0) is 6.54 Å². The Morgan fingerprint density at radius 2 is 2.29 bits per heavy atom. The number of nitrogens with zero attached hydrogens (tertiary/aromatic N) is 2. The Balaban J connectivity index is 2.79. The van der Waals surface area contributed by atoms with Gasteiger partial charge in [0, 0.05) is 24.7 Å². The lowest BCUT2D eigenvalue weighted by Gasteiger charge is -2.12. The molecule has 2 unspecified atom stereocenters. The largest absolute Gasteiger partial charge is 0.327 e. The van der Waals surface area contributed by atoms with Gasteiger partial charge in [0.15, 0.2) is 5.78 Å². The van der Waals surface area contributed by atoms with E-state index in [4.69, 9.17) is 5.73 Å². The quantitative estimate of drug-likeness (QED) is 0.731. The number of rotatable bonds is 4. The summed E-state index contributed by atoms with van der Waals surface area (Å²) in [4.78, 5) is 11.8. The lowest BCUT2D eigenvalue weighted by atomic mass is 9.96. The van der Waals surface area contributed by atoms with Crippen molar-refractivity contribution in [1.29, 1.82) is 0 Å². The summed E-state index contributed by atoms with van der Waals surface area (Å²) in [5, 5.41) is 4.05. The molecule has 0 saturated carbocycles. The molecule has 0 bridgehead atoms. The first kappa shape index (κ1) is 10.9. The summed E-state index contributed by atoms with van der Waals surface area (Å²) < 4.78 is 1.74. The van der Waals surface area contributed by atoms with Gasteiger partial charge in [0.25, 0.3) is 0 Å². The van der Waals surface area contributed by atoms with Crippen LogP contribution in [0.4, 0.5) is 0 Å². The molecule has 4 nitrogen and oxygen atoms in total. The van der Waals surface area contributed by atoms with Gasteiger partial charge in [-0.25, -0.2) is 0 Å². The Bertz CT molecular complexity index is 317. The van der Waals surface area contributed by atoms with E-state index in [2.05, 4.69) is 5.10 Å². The fraction of sp³-hybridized carbons (Fsp3) is 0.600. The molecular formula is C10H17N3O. The average molecular weight is 195 g/mol. The molecule has 0 radical (unpaired) electrons. The molecule has 0 saturated heterocycles. The van der Waals surface area contributed by atoms with Crippen molar-refractivity contribution in [2.45, 2.75) is 33.4 Å². The van der Waals surface area contributed by atoms with Gasteiger partial charge in [0.05, 0.1) is 11.8 Å². The van der Waals surface area contributed by atoms with E-state index in [9.17, 15) is 4.79 Å². The maximum absolute atomic E-state index is 11.8. The maximum atomic E-state index is 11.8. The van der Waals surface area contributed by atoms with E-state index in [-0.39, 0.29) is 17.7 Å². The van der Waals surface area contributed by atoms with E-state index in [1.165, 1.54) is 0 Å². The van der Waals surface area contributed by atoms with E-state index in [1.807, 2.05) is 20.8 Å². The Morgan fingerprint density at radius 1 is 1.64 bits per heavy atom. The van der Waals surface area contributed by atoms with Crippen molar-refractivity contribution in [3.8, 4) is 0 Å². The van der Waals surface area contributed by atoms with Gasteiger partial charge in [-0.1, -0.05) is 6.92 Å². The van der Waals surface area contributed by atoms with E-state index in [0.29, 0.717) is 5.56 Å². The molecule has 0 aliphatic heterocycles. The van der Waals surface area contributed by atoms with Crippen LogP contribution in [0.1, 0.15) is 31.1 Å². The van der Waals surface area contributed by atoms with Gasteiger partial charge in [-0.2, -0.15) is 5.10 Å². The molecule has 2 N–H and O–H groups in total. The van der Waals surface area contributed by atoms with Crippen molar-refractivity contribution < 1.29 is 4.79 Å². The molecule has 0 amide bonds. The standard InChI is InChI=1S/C10H17N3O/c1-4-13-6-9(5-12-13)10(14)7(2)8(3)11/h5-8H,4,11H2,1-3H3. The summed E-state index contributed by atoms with van der Waals surface area (Å²) >= 11 is 0. The van der Waals surface area contributed by atoms with Crippen molar-refractivity contribution in [3.63, 3.8) is 0 Å². The predicted molar refractivity (Wildman–Crippen MR) is 55.0 cm³/mol. The predicted octanol–water partition coefficient (Wildman–Crippen LogP) is 1.07. The second-order valence-electron chi connectivity index (χ2n) is 3.60. The number of hydrogen-bond donors (Lipinski definition) is 1. The summed E-state index contributed by atoms with van der Waals surface area (Å²) in [6.45, 7) is 6.44. The van der Waals surface area contributed by atoms with E-state index >= 15 is 0 Å². The number of carbonyl (C=O) groups is 1. The molecule has 0 fully saturated rings. The summed E-state index contributed by atoms with van der Waals surface area (Å²) in [7, 11) is 0. The molecule has 1 rings (SSSR count). The van der Waals surface area contributed by atoms with Crippen LogP contribution in [0.15, 0.2) is 12.4 Å². The number of ketones is 1. The Labute approximate surface area is 84.1 Å². The molecule has 2 atom stereocenters. The van der Waals surface area contributed by atoms with Crippen molar-refractivity contribution in [2.24, 2.45) is 11.7 Å². The number of carbonyl (C=O) groups excluding carboxylic acids is 1. The van der Waals surface area contributed by atoms with Crippen LogP contribution in [0.25, 0.3) is 0 Å². The van der Waals surface area contributed by atoms with E-state index < -0.39 is 0 Å². The first-order chi connectivity index (χ1) is 6.56. The third kappa shape index (κ3) is 2.20. The van der Waals surface area contributed by atoms with Crippen molar-refractivity contribution in [3.05, 3.63) is 18.0 Å². The first-order valence-corrected chi connectivity index (χ1v) is 4.88. The topological polar surface area (TPSA) is 60.9 Å². The summed E-state index contributed by atoms with van der Waals surface area (Å²) in [6, 6.07) is -0.118. The highest BCUT2D eigenvalue weighted by atomic mass is 16.1. The average Bonchev–Trinajstić information content (AvgIpc) is 2.63. The lowest BCUT2D eigenvalue weighted by Crippen LogP contribution is -2.30. The third-order valence-electron chi connectivity index (χ3n) is 2.44. The fourth-order valence-electron chi connectivity index (χ4n) is 1.17. The molecular weight excluding hydrogens is 178 g/mol. The highest BCUT2D eigenvalue weighted by Gasteiger charge is 2.19. The van der Waals surface area contributed by atoms with Crippen LogP contribution in [0.2, 0.25) is 0 Å². The zero-order valence-electron chi connectivity index (χ0n) is 8.90. The molecule has 14 heavy (non-hydrogen) atoms. The van der Waals surface area contributed by atoms with Gasteiger partial charge < -0.3 is 5.73 Å². The van der Waals surface area contributed by atoms with Crippen LogP contribution in [-0.4, -0.2) is 21.6 Å². The lowest BCUT2D eigenvalue weighted by molar-refractivity contribution is 0.0917. The maximum Gasteiger partial charge on any atom is 0.170 e. The van der Waals surface area contributed by atoms with Crippen molar-refractivity contribution in [2.75, 3.05) is 0 Å². The molecule has 0 aromatic carbocycles. The minimum atomic E-state index is -0.149.